The van der Waals surface area contributed by atoms with E-state index in [1.807, 2.05) is 0 Å². The molecule has 0 N–H and O–H groups in total. The van der Waals surface area contributed by atoms with Crippen molar-refractivity contribution in [2.45, 2.75) is 6.42 Å². The van der Waals surface area contributed by atoms with Gasteiger partial charge in [-0.15, -0.1) is 0 Å². The molecule has 0 fully saturated rings. The van der Waals surface area contributed by atoms with Gasteiger partial charge in [0.05, 0.1) is 6.20 Å². The van der Waals surface area contributed by atoms with Gasteiger partial charge in [-0.2, -0.15) is 0 Å². The highest BCUT2D eigenvalue weighted by molar-refractivity contribution is 9.10. The second kappa shape index (κ2) is 5.35. The van der Waals surface area contributed by atoms with Crippen LogP contribution in [0.5, 0.6) is 0 Å². The minimum atomic E-state index is -0.501. The van der Waals surface area contributed by atoms with Crippen molar-refractivity contribution < 1.29 is 13.6 Å². The normalized spacial score (nSPS) is 10.4. The van der Waals surface area contributed by atoms with Gasteiger partial charge < -0.3 is 0 Å². The zero-order valence-corrected chi connectivity index (χ0v) is 10.7. The SMILES string of the molecule is O=C(Cc1cc(F)ccc1Br)c1ccc(F)cn1. The maximum absolute atomic E-state index is 13.1. The second-order valence-electron chi connectivity index (χ2n) is 3.70. The Kier molecular flexibility index (Phi) is 3.81. The molecule has 2 aromatic rings. The number of hydrogen-bond donors (Lipinski definition) is 0. The molecule has 0 saturated heterocycles. The summed E-state index contributed by atoms with van der Waals surface area (Å²) in [5, 5.41) is 0. The van der Waals surface area contributed by atoms with Crippen molar-refractivity contribution in [3.8, 4) is 0 Å². The van der Waals surface area contributed by atoms with Crippen LogP contribution in [0.4, 0.5) is 8.78 Å². The van der Waals surface area contributed by atoms with E-state index in [4.69, 9.17) is 0 Å². The van der Waals surface area contributed by atoms with E-state index in [2.05, 4.69) is 20.9 Å². The summed E-state index contributed by atoms with van der Waals surface area (Å²) in [5.74, 6) is -1.20. The van der Waals surface area contributed by atoms with Crippen molar-refractivity contribution in [2.24, 2.45) is 0 Å². The predicted molar refractivity (Wildman–Crippen MR) is 66.3 cm³/mol. The zero-order chi connectivity index (χ0) is 13.1. The number of ketones is 1. The maximum Gasteiger partial charge on any atom is 0.185 e. The number of carbonyl (C=O) groups excluding carboxylic acids is 1. The minimum Gasteiger partial charge on any atom is -0.292 e. The Morgan fingerprint density at radius 1 is 1.17 bits per heavy atom. The second-order valence-corrected chi connectivity index (χ2v) is 4.55. The van der Waals surface area contributed by atoms with Crippen LogP contribution in [0.2, 0.25) is 0 Å². The smallest absolute Gasteiger partial charge is 0.185 e. The van der Waals surface area contributed by atoms with E-state index in [9.17, 15) is 13.6 Å². The van der Waals surface area contributed by atoms with Crippen LogP contribution < -0.4 is 0 Å². The van der Waals surface area contributed by atoms with Crippen molar-refractivity contribution >= 4 is 21.7 Å². The fraction of sp³-hybridized carbons (Fsp3) is 0.0769. The lowest BCUT2D eigenvalue weighted by molar-refractivity contribution is 0.0988. The summed E-state index contributed by atoms with van der Waals surface area (Å²) < 4.78 is 26.4. The first-order chi connectivity index (χ1) is 8.56. The molecule has 0 unspecified atom stereocenters. The van der Waals surface area contributed by atoms with Crippen molar-refractivity contribution in [3.63, 3.8) is 0 Å². The molecule has 1 heterocycles. The van der Waals surface area contributed by atoms with Crippen LogP contribution in [0, 0.1) is 11.6 Å². The highest BCUT2D eigenvalue weighted by atomic mass is 79.9. The molecule has 0 aliphatic rings. The van der Waals surface area contributed by atoms with Gasteiger partial charge in [-0.05, 0) is 35.9 Å². The Bertz CT molecular complexity index is 584. The average molecular weight is 312 g/mol. The quantitative estimate of drug-likeness (QED) is 0.811. The molecular formula is C13H8BrF2NO. The summed E-state index contributed by atoms with van der Waals surface area (Å²) in [6.07, 6.45) is 0.991. The summed E-state index contributed by atoms with van der Waals surface area (Å²) in [4.78, 5) is 15.6. The summed E-state index contributed by atoms with van der Waals surface area (Å²) in [6, 6.07) is 6.60. The number of nitrogens with zero attached hydrogens (tertiary/aromatic N) is 1. The third kappa shape index (κ3) is 2.98. The van der Waals surface area contributed by atoms with Gasteiger partial charge in [0.2, 0.25) is 0 Å². The van der Waals surface area contributed by atoms with E-state index >= 15 is 0 Å². The lowest BCUT2D eigenvalue weighted by atomic mass is 10.1. The summed E-state index contributed by atoms with van der Waals surface area (Å²) in [5.41, 5.74) is 0.693. The molecule has 2 nitrogen and oxygen atoms in total. The number of halogens is 3. The number of Topliss-reactive ketones (excluding diaryl/α,β-unsaturated/α-hetero) is 1. The third-order valence-corrected chi connectivity index (χ3v) is 3.15. The number of aromatic nitrogens is 1. The van der Waals surface area contributed by atoms with Gasteiger partial charge in [-0.3, -0.25) is 9.78 Å². The first kappa shape index (κ1) is 12.8. The highest BCUT2D eigenvalue weighted by Crippen LogP contribution is 2.19. The van der Waals surface area contributed by atoms with Gasteiger partial charge in [-0.25, -0.2) is 8.78 Å². The van der Waals surface area contributed by atoms with Crippen LogP contribution in [0.15, 0.2) is 41.0 Å². The van der Waals surface area contributed by atoms with Crippen molar-refractivity contribution in [1.29, 1.82) is 0 Å². The fourth-order valence-corrected chi connectivity index (χ4v) is 1.87. The Labute approximate surface area is 111 Å². The van der Waals surface area contributed by atoms with Crippen LogP contribution in [-0.4, -0.2) is 10.8 Å². The third-order valence-electron chi connectivity index (χ3n) is 2.37. The number of carbonyl (C=O) groups is 1. The lowest BCUT2D eigenvalue weighted by Crippen LogP contribution is -2.06. The number of pyridine rings is 1. The predicted octanol–water partition coefficient (Wildman–Crippen LogP) is 3.55. The van der Waals surface area contributed by atoms with Gasteiger partial charge in [0.15, 0.2) is 5.78 Å². The molecule has 18 heavy (non-hydrogen) atoms. The van der Waals surface area contributed by atoms with Gasteiger partial charge in [0.25, 0.3) is 0 Å². The van der Waals surface area contributed by atoms with Gasteiger partial charge in [0.1, 0.15) is 17.3 Å². The van der Waals surface area contributed by atoms with Crippen molar-refractivity contribution in [3.05, 3.63) is 63.9 Å². The molecule has 1 aromatic carbocycles. The number of rotatable bonds is 3. The van der Waals surface area contributed by atoms with Gasteiger partial charge >= 0.3 is 0 Å². The Balaban J connectivity index is 2.21. The van der Waals surface area contributed by atoms with E-state index in [1.165, 1.54) is 30.3 Å². The molecule has 5 heteroatoms. The molecule has 2 rings (SSSR count). The number of hydrogen-bond acceptors (Lipinski definition) is 2. The van der Waals surface area contributed by atoms with Crippen molar-refractivity contribution in [1.82, 2.24) is 4.98 Å². The lowest BCUT2D eigenvalue weighted by Gasteiger charge is -2.04. The van der Waals surface area contributed by atoms with Crippen LogP contribution in [0.3, 0.4) is 0 Å². The van der Waals surface area contributed by atoms with Crippen LogP contribution in [-0.2, 0) is 6.42 Å². The van der Waals surface area contributed by atoms with E-state index < -0.39 is 11.6 Å². The largest absolute Gasteiger partial charge is 0.292 e. The molecule has 0 spiro atoms. The molecule has 0 radical (unpaired) electrons. The molecule has 1 aromatic heterocycles. The van der Waals surface area contributed by atoms with E-state index in [1.54, 1.807) is 0 Å². The summed E-state index contributed by atoms with van der Waals surface area (Å²) in [7, 11) is 0. The Hall–Kier alpha value is -1.62. The van der Waals surface area contributed by atoms with E-state index in [0.717, 1.165) is 6.20 Å². The molecule has 0 aliphatic carbocycles. The van der Waals surface area contributed by atoms with E-state index in [0.29, 0.717) is 10.0 Å². The summed E-state index contributed by atoms with van der Waals surface area (Å²) in [6.45, 7) is 0. The van der Waals surface area contributed by atoms with Gasteiger partial charge in [0, 0.05) is 10.9 Å². The molecule has 0 aliphatic heterocycles. The fourth-order valence-electron chi connectivity index (χ4n) is 1.48. The molecule has 0 amide bonds. The molecule has 92 valence electrons. The van der Waals surface area contributed by atoms with Gasteiger partial charge in [-0.1, -0.05) is 15.9 Å². The molecular weight excluding hydrogens is 304 g/mol. The van der Waals surface area contributed by atoms with E-state index in [-0.39, 0.29) is 17.9 Å². The Morgan fingerprint density at radius 2 is 1.89 bits per heavy atom. The molecule has 0 saturated carbocycles. The topological polar surface area (TPSA) is 30.0 Å². The number of benzene rings is 1. The van der Waals surface area contributed by atoms with Crippen LogP contribution in [0.1, 0.15) is 16.1 Å². The first-order valence-electron chi connectivity index (χ1n) is 5.15. The zero-order valence-electron chi connectivity index (χ0n) is 9.16. The standard InChI is InChI=1S/C13H8BrF2NO/c14-11-3-1-9(15)5-8(11)6-13(18)12-4-2-10(16)7-17-12/h1-5,7H,6H2. The van der Waals surface area contributed by atoms with Crippen LogP contribution >= 0.6 is 15.9 Å². The first-order valence-corrected chi connectivity index (χ1v) is 5.94. The van der Waals surface area contributed by atoms with Crippen LogP contribution in [0.25, 0.3) is 0 Å². The average Bonchev–Trinajstić information content (AvgIpc) is 2.34. The monoisotopic (exact) mass is 311 g/mol. The Morgan fingerprint density at radius 3 is 2.56 bits per heavy atom. The highest BCUT2D eigenvalue weighted by Gasteiger charge is 2.11. The molecule has 0 bridgehead atoms. The van der Waals surface area contributed by atoms with Crippen molar-refractivity contribution in [2.75, 3.05) is 0 Å². The molecule has 0 atom stereocenters. The minimum absolute atomic E-state index is 0.0109. The summed E-state index contributed by atoms with van der Waals surface area (Å²) >= 11 is 3.24. The maximum atomic E-state index is 13.1.